The number of ether oxygens (including phenoxy) is 1. The molecule has 0 amide bonds. The number of nitrogens with one attached hydrogen (secondary N) is 1. The van der Waals surface area contributed by atoms with Crippen molar-refractivity contribution in [3.05, 3.63) is 28.8 Å². The second-order valence-corrected chi connectivity index (χ2v) is 4.76. The van der Waals surface area contributed by atoms with Crippen molar-refractivity contribution in [3.8, 4) is 5.75 Å². The van der Waals surface area contributed by atoms with Crippen LogP contribution in [0.5, 0.6) is 5.75 Å². The Bertz CT molecular complexity index is 346. The standard InChI is InChI=1S/C13H18ClNO/c1-10-4-5-12(14)13(9-10)16-11-3-2-7-15-8-6-11/h4-5,9,11,15H,2-3,6-8H2,1H3. The fourth-order valence-electron chi connectivity index (χ4n) is 1.99. The highest BCUT2D eigenvalue weighted by Crippen LogP contribution is 2.27. The molecular weight excluding hydrogens is 222 g/mol. The maximum absolute atomic E-state index is 6.12. The van der Waals surface area contributed by atoms with Crippen LogP contribution in [0, 0.1) is 6.92 Å². The number of halogens is 1. The third-order valence-electron chi connectivity index (χ3n) is 2.90. The monoisotopic (exact) mass is 239 g/mol. The minimum atomic E-state index is 0.300. The molecule has 1 unspecified atom stereocenters. The predicted octanol–water partition coefficient (Wildman–Crippen LogP) is 3.17. The zero-order valence-corrected chi connectivity index (χ0v) is 10.4. The van der Waals surface area contributed by atoms with Gasteiger partial charge in [-0.15, -0.1) is 0 Å². The summed E-state index contributed by atoms with van der Waals surface area (Å²) < 4.78 is 5.97. The number of benzene rings is 1. The number of hydrogen-bond donors (Lipinski definition) is 1. The SMILES string of the molecule is Cc1ccc(Cl)c(OC2CCCNCC2)c1. The largest absolute Gasteiger partial charge is 0.489 e. The van der Waals surface area contributed by atoms with E-state index >= 15 is 0 Å². The molecule has 0 radical (unpaired) electrons. The summed E-state index contributed by atoms with van der Waals surface area (Å²) in [5, 5.41) is 4.09. The Morgan fingerprint density at radius 3 is 3.06 bits per heavy atom. The molecule has 0 aromatic heterocycles. The van der Waals surface area contributed by atoms with Crippen molar-refractivity contribution in [3.63, 3.8) is 0 Å². The summed E-state index contributed by atoms with van der Waals surface area (Å²) >= 11 is 6.12. The molecule has 1 aliphatic heterocycles. The molecule has 0 spiro atoms. The van der Waals surface area contributed by atoms with E-state index in [0.717, 1.165) is 31.7 Å². The summed E-state index contributed by atoms with van der Waals surface area (Å²) in [6.45, 7) is 4.19. The number of aryl methyl sites for hydroxylation is 1. The first-order chi connectivity index (χ1) is 7.75. The molecule has 1 fully saturated rings. The first-order valence-corrected chi connectivity index (χ1v) is 6.27. The summed E-state index contributed by atoms with van der Waals surface area (Å²) in [5.41, 5.74) is 1.19. The summed E-state index contributed by atoms with van der Waals surface area (Å²) in [6, 6.07) is 5.92. The van der Waals surface area contributed by atoms with Crippen LogP contribution < -0.4 is 10.1 Å². The van der Waals surface area contributed by atoms with Crippen molar-refractivity contribution < 1.29 is 4.74 Å². The average molecular weight is 240 g/mol. The van der Waals surface area contributed by atoms with E-state index in [4.69, 9.17) is 16.3 Å². The maximum Gasteiger partial charge on any atom is 0.138 e. The lowest BCUT2D eigenvalue weighted by Crippen LogP contribution is -2.19. The molecule has 1 aromatic rings. The molecule has 1 saturated heterocycles. The predicted molar refractivity (Wildman–Crippen MR) is 67.3 cm³/mol. The molecule has 0 aliphatic carbocycles. The van der Waals surface area contributed by atoms with E-state index in [2.05, 4.69) is 12.2 Å². The molecule has 2 rings (SSSR count). The highest BCUT2D eigenvalue weighted by atomic mass is 35.5. The van der Waals surface area contributed by atoms with Gasteiger partial charge in [0.15, 0.2) is 0 Å². The zero-order chi connectivity index (χ0) is 11.4. The van der Waals surface area contributed by atoms with E-state index < -0.39 is 0 Å². The summed E-state index contributed by atoms with van der Waals surface area (Å²) in [4.78, 5) is 0. The molecule has 1 N–H and O–H groups in total. The van der Waals surface area contributed by atoms with E-state index in [-0.39, 0.29) is 0 Å². The van der Waals surface area contributed by atoms with E-state index in [0.29, 0.717) is 11.1 Å². The molecule has 1 aliphatic rings. The summed E-state index contributed by atoms with van der Waals surface area (Å²) in [6.07, 6.45) is 3.64. The quantitative estimate of drug-likeness (QED) is 0.856. The highest BCUT2D eigenvalue weighted by Gasteiger charge is 2.14. The third-order valence-corrected chi connectivity index (χ3v) is 3.22. The second-order valence-electron chi connectivity index (χ2n) is 4.35. The molecule has 1 atom stereocenters. The zero-order valence-electron chi connectivity index (χ0n) is 9.63. The third kappa shape index (κ3) is 3.13. The van der Waals surface area contributed by atoms with Gasteiger partial charge in [0.2, 0.25) is 0 Å². The van der Waals surface area contributed by atoms with Crippen LogP contribution in [0.1, 0.15) is 24.8 Å². The van der Waals surface area contributed by atoms with Crippen LogP contribution in [0.4, 0.5) is 0 Å². The minimum absolute atomic E-state index is 0.300. The van der Waals surface area contributed by atoms with Crippen molar-refractivity contribution in [2.45, 2.75) is 32.3 Å². The Hall–Kier alpha value is -0.730. The van der Waals surface area contributed by atoms with E-state index in [9.17, 15) is 0 Å². The number of rotatable bonds is 2. The van der Waals surface area contributed by atoms with Gasteiger partial charge in [-0.3, -0.25) is 0 Å². The van der Waals surface area contributed by atoms with Crippen molar-refractivity contribution in [1.82, 2.24) is 5.32 Å². The van der Waals surface area contributed by atoms with Crippen LogP contribution in [-0.2, 0) is 0 Å². The van der Waals surface area contributed by atoms with Gasteiger partial charge in [0.25, 0.3) is 0 Å². The summed E-state index contributed by atoms with van der Waals surface area (Å²) in [5.74, 6) is 0.827. The highest BCUT2D eigenvalue weighted by molar-refractivity contribution is 6.32. The van der Waals surface area contributed by atoms with Crippen LogP contribution in [0.15, 0.2) is 18.2 Å². The molecule has 88 valence electrons. The van der Waals surface area contributed by atoms with Crippen molar-refractivity contribution >= 4 is 11.6 Å². The fraction of sp³-hybridized carbons (Fsp3) is 0.538. The van der Waals surface area contributed by atoms with Gasteiger partial charge >= 0.3 is 0 Å². The van der Waals surface area contributed by atoms with Gasteiger partial charge in [0.05, 0.1) is 5.02 Å². The first-order valence-electron chi connectivity index (χ1n) is 5.89. The Balaban J connectivity index is 2.04. The van der Waals surface area contributed by atoms with E-state index in [1.807, 2.05) is 18.2 Å². The van der Waals surface area contributed by atoms with Gasteiger partial charge in [0, 0.05) is 0 Å². The minimum Gasteiger partial charge on any atom is -0.489 e. The second kappa shape index (κ2) is 5.55. The lowest BCUT2D eigenvalue weighted by atomic mass is 10.1. The van der Waals surface area contributed by atoms with Crippen molar-refractivity contribution in [2.24, 2.45) is 0 Å². The van der Waals surface area contributed by atoms with E-state index in [1.54, 1.807) is 0 Å². The Morgan fingerprint density at radius 2 is 2.19 bits per heavy atom. The van der Waals surface area contributed by atoms with Gasteiger partial charge in [-0.2, -0.15) is 0 Å². The van der Waals surface area contributed by atoms with Crippen LogP contribution in [-0.4, -0.2) is 19.2 Å². The molecule has 0 bridgehead atoms. The fourth-order valence-corrected chi connectivity index (χ4v) is 2.15. The normalized spacial score (nSPS) is 21.5. The van der Waals surface area contributed by atoms with Gasteiger partial charge in [0.1, 0.15) is 11.9 Å². The van der Waals surface area contributed by atoms with Gasteiger partial charge in [-0.1, -0.05) is 17.7 Å². The van der Waals surface area contributed by atoms with Crippen LogP contribution in [0.3, 0.4) is 0 Å². The van der Waals surface area contributed by atoms with Gasteiger partial charge in [-0.05, 0) is 57.0 Å². The molecule has 1 heterocycles. The van der Waals surface area contributed by atoms with Crippen molar-refractivity contribution in [1.29, 1.82) is 0 Å². The molecular formula is C13H18ClNO. The van der Waals surface area contributed by atoms with Crippen LogP contribution in [0.2, 0.25) is 5.02 Å². The summed E-state index contributed by atoms with van der Waals surface area (Å²) in [7, 11) is 0. The van der Waals surface area contributed by atoms with Gasteiger partial charge < -0.3 is 10.1 Å². The lowest BCUT2D eigenvalue weighted by Gasteiger charge is -2.17. The molecule has 3 heteroatoms. The Kier molecular flexibility index (Phi) is 4.08. The molecule has 1 aromatic carbocycles. The topological polar surface area (TPSA) is 21.3 Å². The molecule has 2 nitrogen and oxygen atoms in total. The van der Waals surface area contributed by atoms with Crippen molar-refractivity contribution in [2.75, 3.05) is 13.1 Å². The smallest absolute Gasteiger partial charge is 0.138 e. The Morgan fingerprint density at radius 1 is 1.31 bits per heavy atom. The Labute approximate surface area is 102 Å². The first kappa shape index (κ1) is 11.7. The average Bonchev–Trinajstić information content (AvgIpc) is 2.52. The van der Waals surface area contributed by atoms with Crippen LogP contribution >= 0.6 is 11.6 Å². The molecule has 0 saturated carbocycles. The van der Waals surface area contributed by atoms with Crippen LogP contribution in [0.25, 0.3) is 0 Å². The maximum atomic E-state index is 6.12. The molecule has 16 heavy (non-hydrogen) atoms. The lowest BCUT2D eigenvalue weighted by molar-refractivity contribution is 0.187. The van der Waals surface area contributed by atoms with E-state index in [1.165, 1.54) is 12.0 Å². The van der Waals surface area contributed by atoms with Gasteiger partial charge in [-0.25, -0.2) is 0 Å². The number of hydrogen-bond acceptors (Lipinski definition) is 2.